The zero-order valence-corrected chi connectivity index (χ0v) is 15.2. The Kier molecular flexibility index (Phi) is 3.62. The van der Waals surface area contributed by atoms with Gasteiger partial charge in [-0.25, -0.2) is 0 Å². The van der Waals surface area contributed by atoms with Crippen molar-refractivity contribution in [3.05, 3.63) is 59.7 Å². The summed E-state index contributed by atoms with van der Waals surface area (Å²) in [6.45, 7) is 6.96. The second kappa shape index (κ2) is 5.60. The van der Waals surface area contributed by atoms with Crippen LogP contribution in [0.5, 0.6) is 0 Å². The topological polar surface area (TPSA) is 32.8 Å². The van der Waals surface area contributed by atoms with Crippen LogP contribution < -0.4 is 9.80 Å². The number of rotatable bonds is 3. The fraction of sp³-hybridized carbons (Fsp3) is 0.381. The molecule has 0 bridgehead atoms. The van der Waals surface area contributed by atoms with E-state index in [2.05, 4.69) is 36.9 Å². The van der Waals surface area contributed by atoms with Gasteiger partial charge in [0.2, 0.25) is 5.91 Å². The molecule has 4 rings (SSSR count). The number of fused-ring (bicyclic) bond motifs is 4. The van der Waals surface area contributed by atoms with Crippen molar-refractivity contribution in [2.24, 2.45) is 0 Å². The van der Waals surface area contributed by atoms with Crippen molar-refractivity contribution < 1.29 is 9.53 Å². The highest BCUT2D eigenvalue weighted by atomic mass is 16.5. The normalized spacial score (nSPS) is 24.4. The van der Waals surface area contributed by atoms with Gasteiger partial charge in [0.25, 0.3) is 0 Å². The van der Waals surface area contributed by atoms with Gasteiger partial charge in [0.15, 0.2) is 6.23 Å². The molecule has 130 valence electrons. The van der Waals surface area contributed by atoms with Crippen LogP contribution in [-0.2, 0) is 14.9 Å². The number of anilines is 2. The second-order valence-corrected chi connectivity index (χ2v) is 6.98. The number of ether oxygens (including phenoxy) is 1. The van der Waals surface area contributed by atoms with Crippen molar-refractivity contribution in [1.82, 2.24) is 0 Å². The first-order valence-electron chi connectivity index (χ1n) is 8.91. The Morgan fingerprint density at radius 2 is 1.60 bits per heavy atom. The van der Waals surface area contributed by atoms with Gasteiger partial charge in [-0.05, 0) is 32.9 Å². The average Bonchev–Trinajstić information content (AvgIpc) is 3.06. The average molecular weight is 336 g/mol. The summed E-state index contributed by atoms with van der Waals surface area (Å²) in [5.41, 5.74) is 3.37. The predicted octanol–water partition coefficient (Wildman–Crippen LogP) is 3.54. The molecule has 0 aliphatic carbocycles. The van der Waals surface area contributed by atoms with Crippen LogP contribution in [0.1, 0.15) is 31.9 Å². The van der Waals surface area contributed by atoms with Gasteiger partial charge in [-0.15, -0.1) is 0 Å². The van der Waals surface area contributed by atoms with Gasteiger partial charge < -0.3 is 14.5 Å². The molecule has 2 heterocycles. The molecule has 0 saturated heterocycles. The summed E-state index contributed by atoms with van der Waals surface area (Å²) in [5, 5.41) is 0. The van der Waals surface area contributed by atoms with E-state index in [0.717, 1.165) is 22.5 Å². The van der Waals surface area contributed by atoms with Crippen molar-refractivity contribution in [2.75, 3.05) is 23.5 Å². The number of para-hydroxylation sites is 2. The smallest absolute Gasteiger partial charge is 0.246 e. The van der Waals surface area contributed by atoms with Gasteiger partial charge in [-0.2, -0.15) is 0 Å². The highest BCUT2D eigenvalue weighted by molar-refractivity contribution is 6.13. The van der Waals surface area contributed by atoms with Crippen LogP contribution in [0.4, 0.5) is 11.4 Å². The van der Waals surface area contributed by atoms with E-state index in [9.17, 15) is 4.79 Å². The number of amides is 1. The number of hydrogen-bond donors (Lipinski definition) is 0. The molecule has 2 aliphatic rings. The van der Waals surface area contributed by atoms with E-state index in [1.165, 1.54) is 0 Å². The van der Waals surface area contributed by atoms with Crippen LogP contribution in [0.3, 0.4) is 0 Å². The lowest BCUT2D eigenvalue weighted by molar-refractivity contribution is -0.125. The summed E-state index contributed by atoms with van der Waals surface area (Å²) >= 11 is 0. The lowest BCUT2D eigenvalue weighted by Crippen LogP contribution is -2.54. The van der Waals surface area contributed by atoms with Crippen molar-refractivity contribution >= 4 is 17.3 Å². The van der Waals surface area contributed by atoms with Gasteiger partial charge >= 0.3 is 0 Å². The van der Waals surface area contributed by atoms with Gasteiger partial charge in [0.05, 0.1) is 0 Å². The van der Waals surface area contributed by atoms with Crippen LogP contribution in [0.15, 0.2) is 48.5 Å². The van der Waals surface area contributed by atoms with Crippen molar-refractivity contribution in [3.8, 4) is 0 Å². The molecule has 2 aromatic rings. The molecule has 2 atom stereocenters. The van der Waals surface area contributed by atoms with E-state index in [1.54, 1.807) is 7.11 Å². The van der Waals surface area contributed by atoms with Crippen molar-refractivity contribution in [2.45, 2.75) is 38.5 Å². The third-order valence-electron chi connectivity index (χ3n) is 5.53. The number of methoxy groups -OCH3 is 1. The molecule has 1 amide bonds. The quantitative estimate of drug-likeness (QED) is 0.859. The van der Waals surface area contributed by atoms with Gasteiger partial charge in [-0.1, -0.05) is 36.4 Å². The molecule has 0 fully saturated rings. The molecule has 2 aromatic carbocycles. The van der Waals surface area contributed by atoms with Crippen molar-refractivity contribution in [1.29, 1.82) is 0 Å². The summed E-state index contributed by atoms with van der Waals surface area (Å²) in [4.78, 5) is 17.9. The lowest BCUT2D eigenvalue weighted by atomic mass is 9.75. The minimum atomic E-state index is -0.803. The molecule has 0 aromatic heterocycles. The maximum atomic E-state index is 13.7. The van der Waals surface area contributed by atoms with E-state index in [4.69, 9.17) is 4.74 Å². The van der Waals surface area contributed by atoms with E-state index in [0.29, 0.717) is 6.54 Å². The third kappa shape index (κ3) is 1.83. The monoisotopic (exact) mass is 336 g/mol. The van der Waals surface area contributed by atoms with Gasteiger partial charge in [0.1, 0.15) is 5.41 Å². The number of carbonyl (C=O) groups excluding carboxylic acids is 1. The minimum absolute atomic E-state index is 0.110. The molecule has 4 heteroatoms. The highest BCUT2D eigenvalue weighted by Gasteiger charge is 2.63. The third-order valence-corrected chi connectivity index (χ3v) is 5.53. The SMILES string of the molecule is CCN1C(=O)C2(c3ccccc31)c1ccccc1N(C(C)C)[C@@H]2OC. The largest absolute Gasteiger partial charge is 0.360 e. The van der Waals surface area contributed by atoms with Crippen LogP contribution in [-0.4, -0.2) is 31.8 Å². The van der Waals surface area contributed by atoms with Crippen LogP contribution in [0.25, 0.3) is 0 Å². The predicted molar refractivity (Wildman–Crippen MR) is 100 cm³/mol. The molecular formula is C21H24N2O2. The fourth-order valence-electron chi connectivity index (χ4n) is 4.63. The standard InChI is InChI=1S/C21H24N2O2/c1-5-22-17-12-8-6-10-15(17)21(19(22)24)16-11-7-9-13-18(16)23(14(2)3)20(21)25-4/h6-14,20H,5H2,1-4H3/t20-,21?/m1/s1. The summed E-state index contributed by atoms with van der Waals surface area (Å²) in [6, 6.07) is 16.6. The number of nitrogens with zero attached hydrogens (tertiary/aromatic N) is 2. The Balaban J connectivity index is 2.08. The maximum Gasteiger partial charge on any atom is 0.246 e. The molecule has 1 spiro atoms. The zero-order chi connectivity index (χ0) is 17.8. The molecule has 0 N–H and O–H groups in total. The number of benzene rings is 2. The van der Waals surface area contributed by atoms with Crippen LogP contribution in [0, 0.1) is 0 Å². The Bertz CT molecular complexity index is 832. The van der Waals surface area contributed by atoms with Gasteiger partial charge in [0, 0.05) is 42.2 Å². The van der Waals surface area contributed by atoms with E-state index in [-0.39, 0.29) is 18.2 Å². The first-order valence-corrected chi connectivity index (χ1v) is 8.91. The second-order valence-electron chi connectivity index (χ2n) is 6.98. The van der Waals surface area contributed by atoms with E-state index in [1.807, 2.05) is 42.2 Å². The lowest BCUT2D eigenvalue weighted by Gasteiger charge is -2.36. The van der Waals surface area contributed by atoms with Crippen LogP contribution in [0.2, 0.25) is 0 Å². The maximum absolute atomic E-state index is 13.7. The Labute approximate surface area is 149 Å². The number of likely N-dealkylation sites (N-methyl/N-ethyl adjacent to an activating group) is 1. The van der Waals surface area contributed by atoms with E-state index >= 15 is 0 Å². The molecular weight excluding hydrogens is 312 g/mol. The fourth-order valence-corrected chi connectivity index (χ4v) is 4.63. The summed E-state index contributed by atoms with van der Waals surface area (Å²) in [6.07, 6.45) is -0.352. The molecule has 25 heavy (non-hydrogen) atoms. The Hall–Kier alpha value is -2.33. The van der Waals surface area contributed by atoms with E-state index < -0.39 is 5.41 Å². The van der Waals surface area contributed by atoms with Gasteiger partial charge in [-0.3, -0.25) is 4.79 Å². The zero-order valence-electron chi connectivity index (χ0n) is 15.2. The summed E-state index contributed by atoms with van der Waals surface area (Å²) in [5.74, 6) is 0.110. The first kappa shape index (κ1) is 16.2. The summed E-state index contributed by atoms with van der Waals surface area (Å²) < 4.78 is 6.00. The highest BCUT2D eigenvalue weighted by Crippen LogP contribution is 2.56. The molecule has 2 aliphatic heterocycles. The number of carbonyl (C=O) groups is 1. The molecule has 0 radical (unpaired) electrons. The Morgan fingerprint density at radius 1 is 1.04 bits per heavy atom. The minimum Gasteiger partial charge on any atom is -0.360 e. The Morgan fingerprint density at radius 3 is 2.16 bits per heavy atom. The first-order chi connectivity index (χ1) is 12.1. The molecule has 4 nitrogen and oxygen atoms in total. The number of hydrogen-bond acceptors (Lipinski definition) is 3. The summed E-state index contributed by atoms with van der Waals surface area (Å²) in [7, 11) is 1.71. The molecule has 1 unspecified atom stereocenters. The van der Waals surface area contributed by atoms with Crippen molar-refractivity contribution in [3.63, 3.8) is 0 Å². The van der Waals surface area contributed by atoms with Crippen LogP contribution >= 0.6 is 0 Å². The molecule has 0 saturated carbocycles.